The lowest BCUT2D eigenvalue weighted by atomic mass is 10.0. The van der Waals surface area contributed by atoms with Crippen LogP contribution in [-0.4, -0.2) is 35.3 Å². The molecule has 0 spiro atoms. The van der Waals surface area contributed by atoms with Gasteiger partial charge in [-0.15, -0.1) is 0 Å². The molecule has 3 N–H and O–H groups in total. The van der Waals surface area contributed by atoms with Gasteiger partial charge in [-0.1, -0.05) is 36.4 Å². The van der Waals surface area contributed by atoms with Crippen LogP contribution in [0.15, 0.2) is 48.5 Å². The van der Waals surface area contributed by atoms with E-state index in [4.69, 9.17) is 4.74 Å². The fourth-order valence-electron chi connectivity index (χ4n) is 3.01. The van der Waals surface area contributed by atoms with E-state index in [1.165, 1.54) is 5.56 Å². The molecule has 0 saturated heterocycles. The fourth-order valence-corrected chi connectivity index (χ4v) is 3.59. The number of alkyl carbamates (subject to hydrolysis) is 1. The maximum Gasteiger partial charge on any atom is 0.408 e. The van der Waals surface area contributed by atoms with E-state index < -0.39 is 17.7 Å². The lowest BCUT2D eigenvalue weighted by Gasteiger charge is -2.23. The van der Waals surface area contributed by atoms with Gasteiger partial charge >= 0.3 is 6.09 Å². The molecule has 2 aromatic carbocycles. The molecular weight excluding hydrogens is 507 g/mol. The summed E-state index contributed by atoms with van der Waals surface area (Å²) >= 11 is 2.03. The number of phenolic OH excluding ortho intramolecular Hbond substituents is 1. The Bertz CT molecular complexity index is 866. The Labute approximate surface area is 197 Å². The van der Waals surface area contributed by atoms with Gasteiger partial charge < -0.3 is 20.5 Å². The second kappa shape index (κ2) is 11.9. The summed E-state index contributed by atoms with van der Waals surface area (Å²) in [5.74, 6) is -0.0717. The summed E-state index contributed by atoms with van der Waals surface area (Å²) in [5, 5.41) is 15.3. The summed E-state index contributed by atoms with van der Waals surface area (Å²) in [5.41, 5.74) is 1.46. The number of benzene rings is 2. The highest BCUT2D eigenvalue weighted by Crippen LogP contribution is 2.21. The number of hydrogen-bond donors (Lipinski definition) is 3. The van der Waals surface area contributed by atoms with Crippen LogP contribution in [0, 0.1) is 3.57 Å². The largest absolute Gasteiger partial charge is 0.507 e. The Hall–Kier alpha value is -2.29. The number of ether oxygens (including phenoxy) is 1. The number of phenols is 1. The number of aryl methyl sites for hydroxylation is 1. The van der Waals surface area contributed by atoms with E-state index in [1.807, 2.05) is 40.8 Å². The first-order valence-corrected chi connectivity index (χ1v) is 11.5. The third-order valence-electron chi connectivity index (χ3n) is 4.49. The smallest absolute Gasteiger partial charge is 0.408 e. The number of hydrogen-bond acceptors (Lipinski definition) is 4. The van der Waals surface area contributed by atoms with Crippen LogP contribution in [0.4, 0.5) is 4.79 Å². The van der Waals surface area contributed by atoms with E-state index >= 15 is 0 Å². The van der Waals surface area contributed by atoms with Crippen molar-refractivity contribution in [2.45, 2.75) is 58.1 Å². The quantitative estimate of drug-likeness (QED) is 0.323. The van der Waals surface area contributed by atoms with E-state index in [1.54, 1.807) is 39.0 Å². The molecule has 2 rings (SSSR count). The molecule has 168 valence electrons. The Balaban J connectivity index is 1.92. The van der Waals surface area contributed by atoms with Gasteiger partial charge in [-0.25, -0.2) is 4.79 Å². The van der Waals surface area contributed by atoms with Gasteiger partial charge in [0.15, 0.2) is 0 Å². The molecule has 0 radical (unpaired) electrons. The fraction of sp³-hybridized carbons (Fsp3) is 0.417. The highest BCUT2D eigenvalue weighted by molar-refractivity contribution is 14.1. The first kappa shape index (κ1) is 25.0. The predicted octanol–water partition coefficient (Wildman–Crippen LogP) is 4.57. The van der Waals surface area contributed by atoms with Crippen LogP contribution in [0.1, 0.15) is 44.7 Å². The molecule has 0 bridgehead atoms. The Morgan fingerprint density at radius 3 is 2.42 bits per heavy atom. The lowest BCUT2D eigenvalue weighted by molar-refractivity contribution is -0.123. The van der Waals surface area contributed by atoms with Crippen molar-refractivity contribution < 1.29 is 19.4 Å². The molecular formula is C24H31IN2O4. The van der Waals surface area contributed by atoms with Gasteiger partial charge in [0.2, 0.25) is 5.91 Å². The third-order valence-corrected chi connectivity index (χ3v) is 5.36. The van der Waals surface area contributed by atoms with E-state index in [-0.39, 0.29) is 11.7 Å². The Morgan fingerprint density at radius 2 is 1.77 bits per heavy atom. The molecule has 6 nitrogen and oxygen atoms in total. The number of carbonyl (C=O) groups is 2. The van der Waals surface area contributed by atoms with Crippen LogP contribution >= 0.6 is 22.6 Å². The first-order valence-electron chi connectivity index (χ1n) is 10.4. The van der Waals surface area contributed by atoms with Gasteiger partial charge in [0.1, 0.15) is 17.4 Å². The van der Waals surface area contributed by atoms with Crippen molar-refractivity contribution in [2.24, 2.45) is 0 Å². The highest BCUT2D eigenvalue weighted by atomic mass is 127. The van der Waals surface area contributed by atoms with E-state index in [2.05, 4.69) is 22.8 Å². The van der Waals surface area contributed by atoms with Crippen LogP contribution in [0.25, 0.3) is 0 Å². The van der Waals surface area contributed by atoms with Crippen molar-refractivity contribution in [2.75, 3.05) is 6.54 Å². The normalized spacial score (nSPS) is 12.1. The van der Waals surface area contributed by atoms with Crippen LogP contribution < -0.4 is 10.6 Å². The number of nitrogens with one attached hydrogen (secondary N) is 2. The van der Waals surface area contributed by atoms with Gasteiger partial charge in [0, 0.05) is 13.0 Å². The number of halogens is 1. The Morgan fingerprint density at radius 1 is 1.06 bits per heavy atom. The van der Waals surface area contributed by atoms with Crippen molar-refractivity contribution in [3.05, 3.63) is 63.2 Å². The van der Waals surface area contributed by atoms with Crippen molar-refractivity contribution in [1.29, 1.82) is 0 Å². The van der Waals surface area contributed by atoms with Crippen LogP contribution in [0.2, 0.25) is 0 Å². The molecule has 1 atom stereocenters. The Kier molecular flexibility index (Phi) is 9.61. The average molecular weight is 538 g/mol. The first-order chi connectivity index (χ1) is 14.6. The lowest BCUT2D eigenvalue weighted by Crippen LogP contribution is -2.49. The topological polar surface area (TPSA) is 87.7 Å². The van der Waals surface area contributed by atoms with Crippen molar-refractivity contribution in [3.63, 3.8) is 0 Å². The van der Waals surface area contributed by atoms with Crippen molar-refractivity contribution in [1.82, 2.24) is 10.6 Å². The van der Waals surface area contributed by atoms with Gasteiger partial charge in [-0.2, -0.15) is 0 Å². The molecule has 7 heteroatoms. The molecule has 31 heavy (non-hydrogen) atoms. The van der Waals surface area contributed by atoms with Crippen molar-refractivity contribution in [3.8, 4) is 5.75 Å². The molecule has 0 fully saturated rings. The molecule has 0 saturated carbocycles. The van der Waals surface area contributed by atoms with Gasteiger partial charge in [0.25, 0.3) is 0 Å². The number of aromatic hydroxyl groups is 1. The zero-order chi connectivity index (χ0) is 22.9. The molecule has 2 amide bonds. The summed E-state index contributed by atoms with van der Waals surface area (Å²) in [6.45, 7) is 5.86. The monoisotopic (exact) mass is 538 g/mol. The highest BCUT2D eigenvalue weighted by Gasteiger charge is 2.24. The minimum absolute atomic E-state index is 0.184. The molecule has 0 aromatic heterocycles. The van der Waals surface area contributed by atoms with Gasteiger partial charge in [0.05, 0.1) is 3.57 Å². The zero-order valence-electron chi connectivity index (χ0n) is 18.3. The molecule has 0 aliphatic heterocycles. The summed E-state index contributed by atoms with van der Waals surface area (Å²) in [4.78, 5) is 25.1. The maximum atomic E-state index is 12.8. The van der Waals surface area contributed by atoms with Crippen LogP contribution in [0.5, 0.6) is 5.75 Å². The standard InChI is InChI=1S/C24H31IN2O4/c1-24(2,3)31-23(30)27-20(16-18-12-13-21(28)19(25)15-18)22(29)26-14-8-7-11-17-9-5-4-6-10-17/h4-6,9-10,12-13,15,20,28H,7-8,11,14,16H2,1-3H3,(H,26,29)(H,27,30)/t20-/m0/s1. The van der Waals surface area contributed by atoms with Crippen LogP contribution in [-0.2, 0) is 22.4 Å². The average Bonchev–Trinajstić information content (AvgIpc) is 2.69. The predicted molar refractivity (Wildman–Crippen MR) is 130 cm³/mol. The van der Waals surface area contributed by atoms with Crippen LogP contribution in [0.3, 0.4) is 0 Å². The van der Waals surface area contributed by atoms with E-state index in [0.717, 1.165) is 24.8 Å². The SMILES string of the molecule is CC(C)(C)OC(=O)N[C@@H](Cc1ccc(O)c(I)c1)C(=O)NCCCCc1ccccc1. The molecule has 0 unspecified atom stereocenters. The summed E-state index contributed by atoms with van der Waals surface area (Å²) in [6.07, 6.45) is 2.43. The number of unbranched alkanes of at least 4 members (excludes halogenated alkanes) is 1. The van der Waals surface area contributed by atoms with Crippen molar-refractivity contribution >= 4 is 34.6 Å². The number of amides is 2. The van der Waals surface area contributed by atoms with E-state index in [0.29, 0.717) is 16.5 Å². The summed E-state index contributed by atoms with van der Waals surface area (Å²) in [7, 11) is 0. The minimum Gasteiger partial charge on any atom is -0.507 e. The van der Waals surface area contributed by atoms with E-state index in [9.17, 15) is 14.7 Å². The minimum atomic E-state index is -0.774. The molecule has 0 aliphatic rings. The maximum absolute atomic E-state index is 12.8. The third kappa shape index (κ3) is 9.59. The second-order valence-corrected chi connectivity index (χ2v) is 9.58. The van der Waals surface area contributed by atoms with Gasteiger partial charge in [-0.05, 0) is 85.9 Å². The zero-order valence-corrected chi connectivity index (χ0v) is 20.4. The second-order valence-electron chi connectivity index (χ2n) is 8.42. The van der Waals surface area contributed by atoms with Gasteiger partial charge in [-0.3, -0.25) is 4.79 Å². The summed E-state index contributed by atoms with van der Waals surface area (Å²) < 4.78 is 6.01. The summed E-state index contributed by atoms with van der Waals surface area (Å²) in [6, 6.07) is 14.6. The number of rotatable bonds is 9. The molecule has 0 aliphatic carbocycles. The molecule has 0 heterocycles. The number of carbonyl (C=O) groups excluding carboxylic acids is 2. The molecule has 2 aromatic rings.